The predicted octanol–water partition coefficient (Wildman–Crippen LogP) is 1.97. The van der Waals surface area contributed by atoms with Crippen LogP contribution in [0.4, 0.5) is 0 Å². The van der Waals surface area contributed by atoms with Gasteiger partial charge in [0.2, 0.25) is 15.9 Å². The van der Waals surface area contributed by atoms with Crippen molar-refractivity contribution in [2.24, 2.45) is 5.14 Å². The second-order valence-electron chi connectivity index (χ2n) is 6.02. The van der Waals surface area contributed by atoms with E-state index in [1.165, 1.54) is 23.7 Å². The summed E-state index contributed by atoms with van der Waals surface area (Å²) in [4.78, 5) is 11.2. The number of nitrogens with one attached hydrogen (secondary N) is 1. The number of nitrogens with zero attached hydrogens (tertiary/aromatic N) is 2. The molecule has 0 spiro atoms. The van der Waals surface area contributed by atoms with Gasteiger partial charge in [-0.3, -0.25) is 4.79 Å². The first-order chi connectivity index (χ1) is 13.1. The van der Waals surface area contributed by atoms with Crippen LogP contribution in [0, 0.1) is 0 Å². The van der Waals surface area contributed by atoms with Crippen molar-refractivity contribution in [1.82, 2.24) is 15.1 Å². The van der Waals surface area contributed by atoms with Gasteiger partial charge in [0.1, 0.15) is 5.69 Å². The van der Waals surface area contributed by atoms with Crippen LogP contribution in [0.25, 0.3) is 16.9 Å². The topological polar surface area (TPSA) is 127 Å². The maximum absolute atomic E-state index is 11.5. The quantitative estimate of drug-likeness (QED) is 0.544. The van der Waals surface area contributed by atoms with Crippen LogP contribution in [0.2, 0.25) is 5.02 Å². The lowest BCUT2D eigenvalue weighted by Gasteiger charge is -2.09. The van der Waals surface area contributed by atoms with Crippen molar-refractivity contribution in [3.8, 4) is 16.9 Å². The van der Waals surface area contributed by atoms with E-state index in [2.05, 4.69) is 10.4 Å². The second kappa shape index (κ2) is 7.72. The summed E-state index contributed by atoms with van der Waals surface area (Å²) in [6.45, 7) is 1.28. The van der Waals surface area contributed by atoms with Crippen LogP contribution in [0.3, 0.4) is 0 Å². The number of hydrogen-bond acceptors (Lipinski definition) is 5. The minimum absolute atomic E-state index is 0.0325. The average molecular weight is 421 g/mol. The summed E-state index contributed by atoms with van der Waals surface area (Å²) in [5.74, 6) is -0.410. The van der Waals surface area contributed by atoms with Crippen molar-refractivity contribution in [3.63, 3.8) is 0 Å². The number of halogens is 1. The molecule has 4 N–H and O–H groups in total. The van der Waals surface area contributed by atoms with E-state index in [1.54, 1.807) is 42.5 Å². The number of aliphatic hydroxyl groups excluding tert-OH is 1. The molecule has 0 bridgehead atoms. The number of aliphatic hydroxyl groups is 1. The molecule has 1 aromatic heterocycles. The molecule has 1 heterocycles. The van der Waals surface area contributed by atoms with Crippen LogP contribution in [0.5, 0.6) is 0 Å². The lowest BCUT2D eigenvalue weighted by atomic mass is 10.1. The third-order valence-corrected chi connectivity index (χ3v) is 5.08. The zero-order chi connectivity index (χ0) is 20.5. The number of hydrogen-bond donors (Lipinski definition) is 3. The Morgan fingerprint density at radius 3 is 2.32 bits per heavy atom. The molecule has 1 amide bonds. The number of sulfonamides is 1. The highest BCUT2D eigenvalue weighted by Crippen LogP contribution is 2.27. The smallest absolute Gasteiger partial charge is 0.238 e. The maximum atomic E-state index is 11.5. The fourth-order valence-electron chi connectivity index (χ4n) is 2.60. The summed E-state index contributed by atoms with van der Waals surface area (Å²) in [5.41, 5.74) is 2.13. The summed E-state index contributed by atoms with van der Waals surface area (Å²) in [6, 6.07) is 14.4. The van der Waals surface area contributed by atoms with E-state index in [1.807, 2.05) is 0 Å². The Kier molecular flexibility index (Phi) is 5.52. The van der Waals surface area contributed by atoms with Gasteiger partial charge in [0, 0.05) is 17.5 Å². The van der Waals surface area contributed by atoms with Gasteiger partial charge in [0.25, 0.3) is 0 Å². The molecule has 1 unspecified atom stereocenters. The largest absolute Gasteiger partial charge is 0.368 e. The molecule has 146 valence electrons. The molecule has 0 aliphatic carbocycles. The summed E-state index contributed by atoms with van der Waals surface area (Å²) < 4.78 is 24.5. The molecule has 3 aromatic rings. The van der Waals surface area contributed by atoms with Gasteiger partial charge in [-0.15, -0.1) is 0 Å². The molecule has 0 radical (unpaired) electrons. The van der Waals surface area contributed by atoms with E-state index in [9.17, 15) is 18.3 Å². The van der Waals surface area contributed by atoms with Gasteiger partial charge in [-0.1, -0.05) is 23.7 Å². The molecular weight excluding hydrogens is 404 g/mol. The van der Waals surface area contributed by atoms with E-state index < -0.39 is 22.2 Å². The van der Waals surface area contributed by atoms with Gasteiger partial charge in [-0.2, -0.15) is 5.10 Å². The van der Waals surface area contributed by atoms with Crippen LogP contribution < -0.4 is 10.5 Å². The fourth-order valence-corrected chi connectivity index (χ4v) is 3.24. The van der Waals surface area contributed by atoms with Crippen LogP contribution >= 0.6 is 11.6 Å². The number of primary sulfonamides is 1. The Hall–Kier alpha value is -2.72. The number of amides is 1. The van der Waals surface area contributed by atoms with Crippen LogP contribution in [-0.4, -0.2) is 29.2 Å². The molecule has 0 aliphatic rings. The van der Waals surface area contributed by atoms with Gasteiger partial charge in [-0.05, 0) is 42.5 Å². The molecule has 28 heavy (non-hydrogen) atoms. The first-order valence-corrected chi connectivity index (χ1v) is 10.0. The first kappa shape index (κ1) is 20.0. The molecule has 8 nitrogen and oxygen atoms in total. The van der Waals surface area contributed by atoms with Crippen molar-refractivity contribution >= 4 is 27.5 Å². The molecule has 0 saturated carbocycles. The van der Waals surface area contributed by atoms with Gasteiger partial charge in [-0.25, -0.2) is 18.2 Å². The zero-order valence-electron chi connectivity index (χ0n) is 14.7. The molecule has 10 heteroatoms. The van der Waals surface area contributed by atoms with Crippen molar-refractivity contribution < 1.29 is 18.3 Å². The standard InChI is InChI=1S/C18H17ClN4O4S/c1-11(24)21-18(25)16-10-17(12-2-4-13(19)5-3-12)23(22-16)14-6-8-15(9-7-14)28(20,26)27/h2-10,18,25H,1H3,(H,21,24)(H2,20,26,27). The van der Waals surface area contributed by atoms with E-state index in [-0.39, 0.29) is 10.6 Å². The van der Waals surface area contributed by atoms with Gasteiger partial charge in [0.05, 0.1) is 16.3 Å². The normalized spacial score (nSPS) is 12.6. The van der Waals surface area contributed by atoms with Gasteiger partial charge in [0.15, 0.2) is 6.23 Å². The van der Waals surface area contributed by atoms with E-state index in [0.29, 0.717) is 16.4 Å². The number of carbonyl (C=O) groups is 1. The van der Waals surface area contributed by atoms with Gasteiger partial charge >= 0.3 is 0 Å². The van der Waals surface area contributed by atoms with Crippen molar-refractivity contribution in [1.29, 1.82) is 0 Å². The minimum Gasteiger partial charge on any atom is -0.368 e. The van der Waals surface area contributed by atoms with Crippen LogP contribution in [0.1, 0.15) is 18.8 Å². The highest BCUT2D eigenvalue weighted by Gasteiger charge is 2.18. The third-order valence-electron chi connectivity index (χ3n) is 3.90. The summed E-state index contributed by atoms with van der Waals surface area (Å²) in [6.07, 6.45) is -1.30. The first-order valence-electron chi connectivity index (χ1n) is 8.09. The van der Waals surface area contributed by atoms with Gasteiger partial charge < -0.3 is 10.4 Å². The predicted molar refractivity (Wildman–Crippen MR) is 104 cm³/mol. The highest BCUT2D eigenvalue weighted by atomic mass is 35.5. The summed E-state index contributed by atoms with van der Waals surface area (Å²) >= 11 is 5.95. The summed E-state index contributed by atoms with van der Waals surface area (Å²) in [7, 11) is -3.82. The van der Waals surface area contributed by atoms with E-state index >= 15 is 0 Å². The Bertz CT molecular complexity index is 1110. The van der Waals surface area contributed by atoms with Crippen molar-refractivity contribution in [2.75, 3.05) is 0 Å². The van der Waals surface area contributed by atoms with E-state index in [0.717, 1.165) is 5.56 Å². The molecular formula is C18H17ClN4O4S. The van der Waals surface area contributed by atoms with Crippen molar-refractivity contribution in [2.45, 2.75) is 18.0 Å². The Morgan fingerprint density at radius 1 is 1.18 bits per heavy atom. The van der Waals surface area contributed by atoms with Crippen LogP contribution in [0.15, 0.2) is 59.5 Å². The third kappa shape index (κ3) is 4.39. The second-order valence-corrected chi connectivity index (χ2v) is 8.01. The minimum atomic E-state index is -3.82. The number of nitrogens with two attached hydrogens (primary N) is 1. The van der Waals surface area contributed by atoms with Crippen molar-refractivity contribution in [3.05, 3.63) is 65.3 Å². The molecule has 0 saturated heterocycles. The summed E-state index contributed by atoms with van der Waals surface area (Å²) in [5, 5.41) is 22.6. The molecule has 1 atom stereocenters. The number of rotatable bonds is 5. The SMILES string of the molecule is CC(=O)NC(O)c1cc(-c2ccc(Cl)cc2)n(-c2ccc(S(N)(=O)=O)cc2)n1. The zero-order valence-corrected chi connectivity index (χ0v) is 16.3. The number of aromatic nitrogens is 2. The van der Waals surface area contributed by atoms with Crippen LogP contribution in [-0.2, 0) is 14.8 Å². The highest BCUT2D eigenvalue weighted by molar-refractivity contribution is 7.89. The Labute approximate surface area is 166 Å². The fraction of sp³-hybridized carbons (Fsp3) is 0.111. The van der Waals surface area contributed by atoms with E-state index in [4.69, 9.17) is 16.7 Å². The lowest BCUT2D eigenvalue weighted by molar-refractivity contribution is -0.122. The molecule has 3 rings (SSSR count). The molecule has 0 fully saturated rings. The number of benzene rings is 2. The number of carbonyl (C=O) groups excluding carboxylic acids is 1. The molecule has 2 aromatic carbocycles. The average Bonchev–Trinajstić information content (AvgIpc) is 3.07. The Morgan fingerprint density at radius 2 is 1.79 bits per heavy atom. The molecule has 0 aliphatic heterocycles. The maximum Gasteiger partial charge on any atom is 0.238 e. The Balaban J connectivity index is 2.11. The monoisotopic (exact) mass is 420 g/mol. The lowest BCUT2D eigenvalue weighted by Crippen LogP contribution is -2.26.